The molecule has 1 saturated heterocycles. The van der Waals surface area contributed by atoms with E-state index in [1.165, 1.54) is 25.4 Å². The van der Waals surface area contributed by atoms with Crippen LogP contribution in [-0.4, -0.2) is 39.0 Å². The van der Waals surface area contributed by atoms with Crippen LogP contribution in [0.25, 0.3) is 0 Å². The van der Waals surface area contributed by atoms with Crippen molar-refractivity contribution in [1.29, 1.82) is 0 Å². The zero-order valence-corrected chi connectivity index (χ0v) is 11.9. The topological polar surface area (TPSA) is 97.4 Å². The second-order valence-electron chi connectivity index (χ2n) is 4.51. The molecule has 8 heteroatoms. The quantitative estimate of drug-likeness (QED) is 0.818. The van der Waals surface area contributed by atoms with Gasteiger partial charge in [0.2, 0.25) is 21.8 Å². The Morgan fingerprint density at radius 2 is 2.25 bits per heavy atom. The first-order chi connectivity index (χ1) is 9.53. The number of aromatic nitrogens is 1. The Kier molecular flexibility index (Phi) is 4.56. The van der Waals surface area contributed by atoms with E-state index in [1.54, 1.807) is 0 Å². The fourth-order valence-electron chi connectivity index (χ4n) is 2.06. The Morgan fingerprint density at radius 1 is 1.45 bits per heavy atom. The lowest BCUT2D eigenvalue weighted by Gasteiger charge is -2.16. The molecule has 0 radical (unpaired) electrons. The van der Waals surface area contributed by atoms with Crippen LogP contribution in [0, 0.1) is 0 Å². The van der Waals surface area contributed by atoms with Gasteiger partial charge in [-0.3, -0.25) is 4.79 Å². The molecular weight excluding hydrogens is 282 g/mol. The van der Waals surface area contributed by atoms with Crippen molar-refractivity contribution >= 4 is 15.9 Å². The van der Waals surface area contributed by atoms with Crippen molar-refractivity contribution in [3.8, 4) is 5.88 Å². The van der Waals surface area contributed by atoms with Gasteiger partial charge in [0.15, 0.2) is 0 Å². The predicted octanol–water partition coefficient (Wildman–Crippen LogP) is 0.0372. The summed E-state index contributed by atoms with van der Waals surface area (Å²) < 4.78 is 32.2. The molecule has 0 aromatic carbocycles. The Balaban J connectivity index is 2.16. The van der Waals surface area contributed by atoms with Crippen molar-refractivity contribution < 1.29 is 17.9 Å². The van der Waals surface area contributed by atoms with Gasteiger partial charge < -0.3 is 10.1 Å². The number of methoxy groups -OCH3 is 1. The third-order valence-electron chi connectivity index (χ3n) is 3.08. The molecule has 2 heterocycles. The van der Waals surface area contributed by atoms with Crippen LogP contribution in [0.2, 0.25) is 0 Å². The molecule has 1 aliphatic heterocycles. The van der Waals surface area contributed by atoms with Gasteiger partial charge in [0.05, 0.1) is 7.11 Å². The summed E-state index contributed by atoms with van der Waals surface area (Å²) in [6.07, 6.45) is 2.82. The molecule has 2 N–H and O–H groups in total. The Bertz CT molecular complexity index is 588. The lowest BCUT2D eigenvalue weighted by molar-refractivity contribution is -0.120. The summed E-state index contributed by atoms with van der Waals surface area (Å²) in [6, 6.07) is 2.70. The van der Waals surface area contributed by atoms with Crippen molar-refractivity contribution in [2.45, 2.75) is 30.2 Å². The molecule has 0 saturated carbocycles. The SMILES string of the molecule is COc1ncccc1S(=O)(=O)NC1CCNC(=O)CC1. The number of pyridine rings is 1. The first-order valence-electron chi connectivity index (χ1n) is 6.31. The molecule has 0 aliphatic carbocycles. The summed E-state index contributed by atoms with van der Waals surface area (Å²) in [5, 5.41) is 2.71. The normalized spacial score (nSPS) is 20.1. The maximum atomic E-state index is 12.3. The van der Waals surface area contributed by atoms with Gasteiger partial charge in [-0.05, 0) is 25.0 Å². The third-order valence-corrected chi connectivity index (χ3v) is 4.61. The average Bonchev–Trinajstić information content (AvgIpc) is 2.63. The molecule has 0 spiro atoms. The first-order valence-corrected chi connectivity index (χ1v) is 7.79. The Hall–Kier alpha value is -1.67. The van der Waals surface area contributed by atoms with Crippen LogP contribution < -0.4 is 14.8 Å². The molecule has 1 atom stereocenters. The van der Waals surface area contributed by atoms with E-state index >= 15 is 0 Å². The number of nitrogens with one attached hydrogen (secondary N) is 2. The minimum Gasteiger partial charge on any atom is -0.480 e. The molecule has 110 valence electrons. The predicted molar refractivity (Wildman–Crippen MR) is 71.8 cm³/mol. The van der Waals surface area contributed by atoms with E-state index in [0.29, 0.717) is 25.8 Å². The third kappa shape index (κ3) is 3.45. The summed E-state index contributed by atoms with van der Waals surface area (Å²) in [7, 11) is -2.34. The molecule has 1 aromatic heterocycles. The highest BCUT2D eigenvalue weighted by Crippen LogP contribution is 2.21. The van der Waals surface area contributed by atoms with Crippen LogP contribution in [0.4, 0.5) is 0 Å². The van der Waals surface area contributed by atoms with E-state index < -0.39 is 10.0 Å². The monoisotopic (exact) mass is 299 g/mol. The van der Waals surface area contributed by atoms with Gasteiger partial charge in [0.1, 0.15) is 4.90 Å². The van der Waals surface area contributed by atoms with E-state index in [1.807, 2.05) is 0 Å². The minimum absolute atomic E-state index is 0.00559. The number of sulfonamides is 1. The van der Waals surface area contributed by atoms with Gasteiger partial charge in [-0.25, -0.2) is 18.1 Å². The number of hydrogen-bond donors (Lipinski definition) is 2. The van der Waals surface area contributed by atoms with Crippen molar-refractivity contribution in [1.82, 2.24) is 15.0 Å². The fraction of sp³-hybridized carbons (Fsp3) is 0.500. The smallest absolute Gasteiger partial charge is 0.246 e. The summed E-state index contributed by atoms with van der Waals surface area (Å²) in [6.45, 7) is 0.468. The highest BCUT2D eigenvalue weighted by molar-refractivity contribution is 7.89. The zero-order chi connectivity index (χ0) is 14.6. The number of rotatable bonds is 4. The number of carbonyl (C=O) groups is 1. The van der Waals surface area contributed by atoms with Crippen LogP contribution in [0.1, 0.15) is 19.3 Å². The molecular formula is C12H17N3O4S. The van der Waals surface area contributed by atoms with Crippen LogP contribution in [-0.2, 0) is 14.8 Å². The maximum Gasteiger partial charge on any atom is 0.246 e. The Labute approximate surface area is 117 Å². The van der Waals surface area contributed by atoms with Gasteiger partial charge in [0.25, 0.3) is 0 Å². The van der Waals surface area contributed by atoms with Crippen molar-refractivity contribution in [2.75, 3.05) is 13.7 Å². The molecule has 20 heavy (non-hydrogen) atoms. The zero-order valence-electron chi connectivity index (χ0n) is 11.1. The molecule has 2 rings (SSSR count). The van der Waals surface area contributed by atoms with Gasteiger partial charge in [-0.15, -0.1) is 0 Å². The van der Waals surface area contributed by atoms with Gasteiger partial charge in [-0.1, -0.05) is 0 Å². The number of carbonyl (C=O) groups excluding carboxylic acids is 1. The van der Waals surface area contributed by atoms with Crippen LogP contribution in [0.15, 0.2) is 23.2 Å². The number of nitrogens with zero attached hydrogens (tertiary/aromatic N) is 1. The first kappa shape index (κ1) is 14.7. The summed E-state index contributed by atoms with van der Waals surface area (Å²) in [4.78, 5) is 15.1. The van der Waals surface area contributed by atoms with Crippen molar-refractivity contribution in [3.63, 3.8) is 0 Å². The van der Waals surface area contributed by atoms with Crippen LogP contribution in [0.5, 0.6) is 5.88 Å². The van der Waals surface area contributed by atoms with Crippen molar-refractivity contribution in [3.05, 3.63) is 18.3 Å². The maximum absolute atomic E-state index is 12.3. The molecule has 1 aromatic rings. The van der Waals surface area contributed by atoms with Gasteiger partial charge >= 0.3 is 0 Å². The summed E-state index contributed by atoms with van der Waals surface area (Å²) in [5.74, 6) is 0.00785. The summed E-state index contributed by atoms with van der Waals surface area (Å²) >= 11 is 0. The lowest BCUT2D eigenvalue weighted by atomic mass is 10.1. The van der Waals surface area contributed by atoms with Crippen LogP contribution >= 0.6 is 0 Å². The molecule has 1 aliphatic rings. The number of ether oxygens (including phenoxy) is 1. The highest BCUT2D eigenvalue weighted by Gasteiger charge is 2.25. The molecule has 1 amide bonds. The molecule has 1 fully saturated rings. The number of amides is 1. The van der Waals surface area contributed by atoms with E-state index in [0.717, 1.165) is 0 Å². The Morgan fingerprint density at radius 3 is 3.00 bits per heavy atom. The standard InChI is InChI=1S/C12H17N3O4S/c1-19-12-10(3-2-7-14-12)20(17,18)15-9-4-5-11(16)13-8-6-9/h2-3,7,9,15H,4-6,8H2,1H3,(H,13,16). The lowest BCUT2D eigenvalue weighted by Crippen LogP contribution is -2.35. The second kappa shape index (κ2) is 6.19. The molecule has 1 unspecified atom stereocenters. The van der Waals surface area contributed by atoms with Gasteiger partial charge in [-0.2, -0.15) is 0 Å². The largest absolute Gasteiger partial charge is 0.480 e. The second-order valence-corrected chi connectivity index (χ2v) is 6.19. The van der Waals surface area contributed by atoms with E-state index in [2.05, 4.69) is 15.0 Å². The van der Waals surface area contributed by atoms with Gasteiger partial charge in [0, 0.05) is 25.2 Å². The molecule has 7 nitrogen and oxygen atoms in total. The fourth-order valence-corrected chi connectivity index (χ4v) is 3.48. The van der Waals surface area contributed by atoms with E-state index in [-0.39, 0.29) is 22.7 Å². The van der Waals surface area contributed by atoms with Crippen LogP contribution in [0.3, 0.4) is 0 Å². The minimum atomic E-state index is -3.71. The number of hydrogen-bond acceptors (Lipinski definition) is 5. The summed E-state index contributed by atoms with van der Waals surface area (Å²) in [5.41, 5.74) is 0. The molecule has 0 bridgehead atoms. The highest BCUT2D eigenvalue weighted by atomic mass is 32.2. The van der Waals surface area contributed by atoms with E-state index in [4.69, 9.17) is 4.74 Å². The average molecular weight is 299 g/mol. The van der Waals surface area contributed by atoms with E-state index in [9.17, 15) is 13.2 Å². The van der Waals surface area contributed by atoms with Crippen molar-refractivity contribution in [2.24, 2.45) is 0 Å².